The first-order chi connectivity index (χ1) is 18.3. The number of nitrogens with zero attached hydrogens (tertiary/aromatic N) is 5. The van der Waals surface area contributed by atoms with Gasteiger partial charge in [0.25, 0.3) is 0 Å². The molecule has 196 valence electrons. The van der Waals surface area contributed by atoms with Crippen LogP contribution in [0, 0.1) is 11.3 Å². The number of likely N-dealkylation sites (N-methyl/N-ethyl adjacent to an activating group) is 1. The van der Waals surface area contributed by atoms with E-state index in [1.807, 2.05) is 25.1 Å². The largest absolute Gasteiger partial charge is 0.493 e. The summed E-state index contributed by atoms with van der Waals surface area (Å²) >= 11 is 12.7. The first-order valence-corrected chi connectivity index (χ1v) is 12.9. The van der Waals surface area contributed by atoms with E-state index in [2.05, 4.69) is 50.3 Å². The summed E-state index contributed by atoms with van der Waals surface area (Å²) in [7, 11) is 1.57. The van der Waals surface area contributed by atoms with Crippen molar-refractivity contribution in [3.05, 3.63) is 58.0 Å². The van der Waals surface area contributed by atoms with Crippen LogP contribution in [0.15, 0.2) is 36.8 Å². The lowest BCUT2D eigenvalue weighted by atomic mass is 9.91. The number of H-pyrrole nitrogens is 1. The fourth-order valence-corrected chi connectivity index (χ4v) is 5.63. The third-order valence-electron chi connectivity index (χ3n) is 6.69. The molecule has 1 atom stereocenters. The zero-order valence-corrected chi connectivity index (χ0v) is 23.0. The number of aromatic amines is 1. The molecule has 1 aromatic carbocycles. The molecule has 0 radical (unpaired) electrons. The van der Waals surface area contributed by atoms with Gasteiger partial charge in [0.1, 0.15) is 23.7 Å². The number of anilines is 1. The van der Waals surface area contributed by atoms with Gasteiger partial charge in [-0.15, -0.1) is 0 Å². The number of methoxy groups -OCH3 is 1. The summed E-state index contributed by atoms with van der Waals surface area (Å²) < 4.78 is 11.8. The van der Waals surface area contributed by atoms with Gasteiger partial charge in [0.05, 0.1) is 33.8 Å². The SMILES string of the molecule is CCNC1(C)CN(c2ncc(-c3n[nH]c4cc(OC)c(O[C@H](C)c5c(Cl)cncc5Cl)cc34)cc2C#N)C1. The van der Waals surface area contributed by atoms with Crippen LogP contribution in [0.1, 0.15) is 38.0 Å². The zero-order chi connectivity index (χ0) is 27.0. The smallest absolute Gasteiger partial charge is 0.162 e. The van der Waals surface area contributed by atoms with Crippen molar-refractivity contribution in [2.45, 2.75) is 32.4 Å². The Kier molecular flexibility index (Phi) is 7.05. The topological polar surface area (TPSA) is 112 Å². The molecule has 2 N–H and O–H groups in total. The minimum absolute atomic E-state index is 0.0253. The van der Waals surface area contributed by atoms with Crippen molar-refractivity contribution in [1.82, 2.24) is 25.5 Å². The molecule has 0 amide bonds. The van der Waals surface area contributed by atoms with Gasteiger partial charge in [0.15, 0.2) is 11.5 Å². The number of hydrogen-bond acceptors (Lipinski definition) is 8. The molecule has 0 bridgehead atoms. The molecule has 1 fully saturated rings. The van der Waals surface area contributed by atoms with Crippen molar-refractivity contribution in [2.75, 3.05) is 31.6 Å². The molecule has 11 heteroatoms. The van der Waals surface area contributed by atoms with E-state index in [-0.39, 0.29) is 5.54 Å². The molecule has 38 heavy (non-hydrogen) atoms. The van der Waals surface area contributed by atoms with Crippen molar-refractivity contribution in [1.29, 1.82) is 5.26 Å². The number of nitrogens with one attached hydrogen (secondary N) is 2. The average Bonchev–Trinajstić information content (AvgIpc) is 3.29. The Labute approximate surface area is 230 Å². The van der Waals surface area contributed by atoms with Gasteiger partial charge in [0, 0.05) is 54.3 Å². The Balaban J connectivity index is 1.48. The Morgan fingerprint density at radius 3 is 2.58 bits per heavy atom. The van der Waals surface area contributed by atoms with E-state index in [1.165, 1.54) is 12.4 Å². The predicted molar refractivity (Wildman–Crippen MR) is 148 cm³/mol. The van der Waals surface area contributed by atoms with E-state index in [4.69, 9.17) is 32.7 Å². The molecule has 5 rings (SSSR count). The number of pyridine rings is 2. The third-order valence-corrected chi connectivity index (χ3v) is 7.29. The number of ether oxygens (including phenoxy) is 2. The van der Waals surface area contributed by atoms with Gasteiger partial charge < -0.3 is 19.7 Å². The lowest BCUT2D eigenvalue weighted by Gasteiger charge is -2.49. The van der Waals surface area contributed by atoms with Gasteiger partial charge in [0.2, 0.25) is 0 Å². The van der Waals surface area contributed by atoms with Gasteiger partial charge >= 0.3 is 0 Å². The molecule has 1 aliphatic rings. The first kappa shape index (κ1) is 26.0. The molecule has 0 unspecified atom stereocenters. The summed E-state index contributed by atoms with van der Waals surface area (Å²) in [6.45, 7) is 8.59. The van der Waals surface area contributed by atoms with Gasteiger partial charge in [-0.3, -0.25) is 10.1 Å². The van der Waals surface area contributed by atoms with Crippen LogP contribution in [0.5, 0.6) is 11.5 Å². The van der Waals surface area contributed by atoms with E-state index < -0.39 is 6.10 Å². The Morgan fingerprint density at radius 1 is 1.18 bits per heavy atom. The van der Waals surface area contributed by atoms with Crippen LogP contribution in [0.2, 0.25) is 10.0 Å². The summed E-state index contributed by atoms with van der Waals surface area (Å²) in [5.41, 5.74) is 3.28. The molecule has 1 saturated heterocycles. The standard InChI is InChI=1S/C27H27Cl2N7O2/c1-5-33-27(3)13-36(14-27)26-16(9-30)6-17(10-32-26)25-18-7-23(22(37-4)8-21(18)34-35-25)38-15(2)24-19(28)11-31-12-20(24)29/h6-8,10-12,15,33H,5,13-14H2,1-4H3,(H,34,35)/t15-/m1/s1. The number of benzene rings is 1. The minimum Gasteiger partial charge on any atom is -0.493 e. The monoisotopic (exact) mass is 551 g/mol. The van der Waals surface area contributed by atoms with Crippen molar-refractivity contribution in [3.8, 4) is 28.8 Å². The second-order valence-electron chi connectivity index (χ2n) is 9.55. The summed E-state index contributed by atoms with van der Waals surface area (Å²) in [6.07, 6.45) is 4.33. The number of fused-ring (bicyclic) bond motifs is 1. The van der Waals surface area contributed by atoms with Crippen LogP contribution >= 0.6 is 23.2 Å². The second kappa shape index (κ2) is 10.3. The quantitative estimate of drug-likeness (QED) is 0.293. The van der Waals surface area contributed by atoms with Crippen molar-refractivity contribution < 1.29 is 9.47 Å². The molecule has 3 aromatic heterocycles. The van der Waals surface area contributed by atoms with Crippen LogP contribution < -0.4 is 19.7 Å². The fraction of sp³-hybridized carbons (Fsp3) is 0.333. The number of halogens is 2. The van der Waals surface area contributed by atoms with Gasteiger partial charge in [-0.1, -0.05) is 30.1 Å². The number of rotatable bonds is 8. The molecule has 0 saturated carbocycles. The molecule has 4 heterocycles. The minimum atomic E-state index is -0.477. The molecule has 1 aliphatic heterocycles. The van der Waals surface area contributed by atoms with Crippen molar-refractivity contribution >= 4 is 39.9 Å². The molecule has 0 aliphatic carbocycles. The maximum absolute atomic E-state index is 9.90. The Bertz CT molecular complexity index is 1520. The molecular weight excluding hydrogens is 525 g/mol. The van der Waals surface area contributed by atoms with Crippen molar-refractivity contribution in [2.24, 2.45) is 0 Å². The predicted octanol–water partition coefficient (Wildman–Crippen LogP) is 5.54. The van der Waals surface area contributed by atoms with Crippen LogP contribution in [-0.2, 0) is 0 Å². The summed E-state index contributed by atoms with van der Waals surface area (Å²) in [4.78, 5) is 10.8. The van der Waals surface area contributed by atoms with Crippen LogP contribution in [0.4, 0.5) is 5.82 Å². The highest BCUT2D eigenvalue weighted by atomic mass is 35.5. The Morgan fingerprint density at radius 2 is 1.92 bits per heavy atom. The lowest BCUT2D eigenvalue weighted by molar-refractivity contribution is 0.216. The summed E-state index contributed by atoms with van der Waals surface area (Å²) in [5, 5.41) is 22.6. The molecule has 9 nitrogen and oxygen atoms in total. The highest BCUT2D eigenvalue weighted by Gasteiger charge is 2.39. The Hall–Kier alpha value is -3.58. The lowest BCUT2D eigenvalue weighted by Crippen LogP contribution is -2.68. The van der Waals surface area contributed by atoms with Crippen LogP contribution in [0.25, 0.3) is 22.2 Å². The average molecular weight is 552 g/mol. The fourth-order valence-electron chi connectivity index (χ4n) is 4.96. The van der Waals surface area contributed by atoms with E-state index in [9.17, 15) is 5.26 Å². The number of aromatic nitrogens is 4. The van der Waals surface area contributed by atoms with Crippen molar-refractivity contribution in [3.63, 3.8) is 0 Å². The number of hydrogen-bond donors (Lipinski definition) is 2. The number of nitriles is 1. The molecule has 4 aromatic rings. The molecule has 0 spiro atoms. The van der Waals surface area contributed by atoms with Crippen LogP contribution in [0.3, 0.4) is 0 Å². The normalized spacial score (nSPS) is 15.1. The summed E-state index contributed by atoms with van der Waals surface area (Å²) in [6, 6.07) is 7.79. The highest BCUT2D eigenvalue weighted by Crippen LogP contribution is 2.40. The van der Waals surface area contributed by atoms with E-state index in [0.717, 1.165) is 36.1 Å². The van der Waals surface area contributed by atoms with Crippen LogP contribution in [-0.4, -0.2) is 52.4 Å². The first-order valence-electron chi connectivity index (χ1n) is 12.2. The van der Waals surface area contributed by atoms with Gasteiger partial charge in [-0.05, 0) is 32.5 Å². The third kappa shape index (κ3) is 4.71. The van der Waals surface area contributed by atoms with E-state index in [0.29, 0.717) is 44.2 Å². The van der Waals surface area contributed by atoms with Gasteiger partial charge in [-0.25, -0.2) is 4.98 Å². The van der Waals surface area contributed by atoms with E-state index in [1.54, 1.807) is 13.3 Å². The van der Waals surface area contributed by atoms with E-state index >= 15 is 0 Å². The highest BCUT2D eigenvalue weighted by molar-refractivity contribution is 6.35. The second-order valence-corrected chi connectivity index (χ2v) is 10.4. The zero-order valence-electron chi connectivity index (χ0n) is 21.5. The molecular formula is C27H27Cl2N7O2. The summed E-state index contributed by atoms with van der Waals surface area (Å²) in [5.74, 6) is 1.69. The maximum atomic E-state index is 9.90. The van der Waals surface area contributed by atoms with Gasteiger partial charge in [-0.2, -0.15) is 10.4 Å². The maximum Gasteiger partial charge on any atom is 0.162 e.